The molecule has 8 rings (SSSR count). The van der Waals surface area contributed by atoms with Crippen LogP contribution in [0.15, 0.2) is 131 Å². The van der Waals surface area contributed by atoms with Crippen molar-refractivity contribution in [3.05, 3.63) is 153 Å². The third-order valence-corrected chi connectivity index (χ3v) is 9.63. The van der Waals surface area contributed by atoms with E-state index in [1.165, 1.54) is 6.07 Å². The Labute approximate surface area is 309 Å². The zero-order chi connectivity index (χ0) is 36.2. The molecule has 10 heteroatoms. The number of carbonyl (C=O) groups is 2. The molecule has 6 aromatic carbocycles. The lowest BCUT2D eigenvalue weighted by atomic mass is 9.92. The number of halogens is 2. The average Bonchev–Trinajstić information content (AvgIpc) is 3.16. The largest absolute Gasteiger partial charge is 0.403 e. The number of anilines is 1. The Balaban J connectivity index is 0.000000169. The summed E-state index contributed by atoms with van der Waals surface area (Å²) in [4.78, 5) is 42.6. The van der Waals surface area contributed by atoms with Crippen LogP contribution in [0.4, 0.5) is 5.69 Å². The molecule has 0 radical (unpaired) electrons. The summed E-state index contributed by atoms with van der Waals surface area (Å²) in [6.07, 6.45) is 2.76. The Hall–Kier alpha value is -5.54. The first-order chi connectivity index (χ1) is 25.2. The molecular weight excluding hydrogens is 697 g/mol. The molecule has 260 valence electrons. The molecule has 2 unspecified atom stereocenters. The zero-order valence-electron chi connectivity index (χ0n) is 27.8. The van der Waals surface area contributed by atoms with Crippen molar-refractivity contribution in [1.82, 2.24) is 10.3 Å². The smallest absolute Gasteiger partial charge is 0.347 e. The van der Waals surface area contributed by atoms with Crippen LogP contribution in [0.25, 0.3) is 43.9 Å². The molecule has 1 aromatic heterocycles. The van der Waals surface area contributed by atoms with Gasteiger partial charge in [-0.3, -0.25) is 9.59 Å². The molecule has 0 saturated heterocycles. The second kappa shape index (κ2) is 15.4. The number of hydrogen-bond acceptors (Lipinski definition) is 6. The van der Waals surface area contributed by atoms with E-state index in [9.17, 15) is 19.5 Å². The number of carbonyl (C=O) groups excluding carboxylic acids is 2. The number of aliphatic hydroxyl groups excluding tert-OH is 1. The number of rotatable bonds is 5. The second-order valence-corrected chi connectivity index (χ2v) is 13.5. The Bertz CT molecular complexity index is 2510. The van der Waals surface area contributed by atoms with Gasteiger partial charge < -0.3 is 20.2 Å². The van der Waals surface area contributed by atoms with Gasteiger partial charge >= 0.3 is 5.63 Å². The van der Waals surface area contributed by atoms with E-state index in [2.05, 4.69) is 15.6 Å². The van der Waals surface area contributed by atoms with Gasteiger partial charge in [-0.25, -0.2) is 9.78 Å². The normalized spacial score (nSPS) is 15.5. The molecule has 2 atom stereocenters. The third kappa shape index (κ3) is 7.55. The van der Waals surface area contributed by atoms with Crippen molar-refractivity contribution < 1.29 is 19.1 Å². The van der Waals surface area contributed by atoms with Crippen molar-refractivity contribution >= 4 is 73.2 Å². The molecule has 7 aromatic rings. The van der Waals surface area contributed by atoms with E-state index < -0.39 is 11.7 Å². The van der Waals surface area contributed by atoms with E-state index in [4.69, 9.17) is 27.6 Å². The molecule has 1 fully saturated rings. The predicted octanol–water partition coefficient (Wildman–Crippen LogP) is 9.44. The van der Waals surface area contributed by atoms with Crippen LogP contribution in [0.2, 0.25) is 10.0 Å². The zero-order valence-corrected chi connectivity index (χ0v) is 29.3. The van der Waals surface area contributed by atoms with E-state index in [0.717, 1.165) is 46.4 Å². The van der Waals surface area contributed by atoms with Crippen molar-refractivity contribution in [2.75, 3.05) is 5.32 Å². The first-order valence-electron chi connectivity index (χ1n) is 16.9. The molecule has 0 bridgehead atoms. The Morgan fingerprint density at radius 3 is 2.13 bits per heavy atom. The summed E-state index contributed by atoms with van der Waals surface area (Å²) in [7, 11) is 0. The maximum atomic E-state index is 13.0. The van der Waals surface area contributed by atoms with Crippen LogP contribution in [0.1, 0.15) is 46.4 Å². The number of benzene rings is 6. The molecule has 1 aliphatic carbocycles. The van der Waals surface area contributed by atoms with Crippen LogP contribution < -0.4 is 16.3 Å². The van der Waals surface area contributed by atoms with Gasteiger partial charge in [-0.2, -0.15) is 0 Å². The van der Waals surface area contributed by atoms with Crippen molar-refractivity contribution in [2.24, 2.45) is 0 Å². The van der Waals surface area contributed by atoms with E-state index >= 15 is 0 Å². The maximum Gasteiger partial charge on any atom is 0.347 e. The Kier molecular flexibility index (Phi) is 10.3. The number of nitrogens with one attached hydrogen (secondary N) is 2. The molecule has 0 spiro atoms. The van der Waals surface area contributed by atoms with Crippen molar-refractivity contribution in [1.29, 1.82) is 0 Å². The van der Waals surface area contributed by atoms with Gasteiger partial charge in [0.25, 0.3) is 11.8 Å². The van der Waals surface area contributed by atoms with Gasteiger partial charge in [-0.15, -0.1) is 0 Å². The highest BCUT2D eigenvalue weighted by Gasteiger charge is 2.26. The monoisotopic (exact) mass is 729 g/mol. The minimum atomic E-state index is -0.560. The minimum absolute atomic E-state index is 0.272. The van der Waals surface area contributed by atoms with Crippen molar-refractivity contribution in [3.63, 3.8) is 0 Å². The van der Waals surface area contributed by atoms with Gasteiger partial charge in [0, 0.05) is 21.2 Å². The van der Waals surface area contributed by atoms with Crippen LogP contribution in [-0.2, 0) is 0 Å². The van der Waals surface area contributed by atoms with Crippen molar-refractivity contribution in [3.8, 4) is 11.5 Å². The lowest BCUT2D eigenvalue weighted by Gasteiger charge is -2.28. The summed E-state index contributed by atoms with van der Waals surface area (Å²) in [5.41, 5.74) is 2.11. The Morgan fingerprint density at radius 1 is 0.692 bits per heavy atom. The highest BCUT2D eigenvalue weighted by Crippen LogP contribution is 2.29. The standard InChI is InChI=1S/C24H23ClN2O3.C18H10ClNO2/c25-16-12-13-20(19(14-16)24(30)27-21-10-3-4-11-22(21)28)26-23(29)18-9-5-7-15-6-1-2-8-17(15)18;19-12-8-9-16-15(10-12)18(21)22-17(20-16)14-7-3-5-11-4-1-2-6-13(11)14/h1-2,5-9,12-14,21-22,28H,3-4,10-11H2,(H,26,29)(H,27,30);1-10H. The minimum Gasteiger partial charge on any atom is -0.403 e. The van der Waals surface area contributed by atoms with E-state index in [0.29, 0.717) is 44.5 Å². The average molecular weight is 731 g/mol. The van der Waals surface area contributed by atoms with Gasteiger partial charge in [-0.1, -0.05) is 109 Å². The van der Waals surface area contributed by atoms with Gasteiger partial charge in [0.2, 0.25) is 5.89 Å². The molecule has 2 amide bonds. The molecule has 8 nitrogen and oxygen atoms in total. The SMILES string of the molecule is O=C(NC1CCCCC1O)c1cc(Cl)ccc1NC(=O)c1cccc2ccccc12.O=c1oc(-c2cccc3ccccc23)nc2ccc(Cl)cc12. The molecule has 1 saturated carbocycles. The highest BCUT2D eigenvalue weighted by atomic mass is 35.5. The number of aromatic nitrogens is 1. The van der Waals surface area contributed by atoms with Gasteiger partial charge in [-0.05, 0) is 82.9 Å². The molecule has 0 aliphatic heterocycles. The van der Waals surface area contributed by atoms with Crippen LogP contribution in [0.5, 0.6) is 0 Å². The number of amides is 2. The summed E-state index contributed by atoms with van der Waals surface area (Å²) in [6.45, 7) is 0. The van der Waals surface area contributed by atoms with Crippen LogP contribution in [0, 0.1) is 0 Å². The third-order valence-electron chi connectivity index (χ3n) is 9.16. The first-order valence-corrected chi connectivity index (χ1v) is 17.7. The molecule has 1 aliphatic rings. The van der Waals surface area contributed by atoms with Crippen LogP contribution >= 0.6 is 23.2 Å². The lowest BCUT2D eigenvalue weighted by molar-refractivity contribution is 0.0718. The molecule has 52 heavy (non-hydrogen) atoms. The fraction of sp³-hybridized carbons (Fsp3) is 0.143. The van der Waals surface area contributed by atoms with E-state index in [1.807, 2.05) is 78.9 Å². The van der Waals surface area contributed by atoms with E-state index in [-0.39, 0.29) is 23.4 Å². The topological polar surface area (TPSA) is 122 Å². The van der Waals surface area contributed by atoms with Crippen LogP contribution in [0.3, 0.4) is 0 Å². The van der Waals surface area contributed by atoms with Crippen LogP contribution in [-0.4, -0.2) is 34.1 Å². The Morgan fingerprint density at radius 2 is 1.35 bits per heavy atom. The van der Waals surface area contributed by atoms with Crippen molar-refractivity contribution in [2.45, 2.75) is 37.8 Å². The summed E-state index contributed by atoms with van der Waals surface area (Å²) >= 11 is 12.0. The summed E-state index contributed by atoms with van der Waals surface area (Å²) in [6, 6.07) is 36.4. The molecule has 1 heterocycles. The highest BCUT2D eigenvalue weighted by molar-refractivity contribution is 6.31. The fourth-order valence-corrected chi connectivity index (χ4v) is 6.87. The number of nitrogens with zero attached hydrogens (tertiary/aromatic N) is 1. The molecular formula is C42H33Cl2N3O5. The molecule has 3 N–H and O–H groups in total. The van der Waals surface area contributed by atoms with E-state index in [1.54, 1.807) is 36.4 Å². The summed E-state index contributed by atoms with van der Waals surface area (Å²) < 4.78 is 5.41. The number of hydrogen-bond donors (Lipinski definition) is 3. The summed E-state index contributed by atoms with van der Waals surface area (Å²) in [5, 5.41) is 21.1. The fourth-order valence-electron chi connectivity index (χ4n) is 6.52. The lowest BCUT2D eigenvalue weighted by Crippen LogP contribution is -2.45. The van der Waals surface area contributed by atoms with Gasteiger partial charge in [0.15, 0.2) is 0 Å². The number of aliphatic hydroxyl groups is 1. The first kappa shape index (κ1) is 34.9. The number of fused-ring (bicyclic) bond motifs is 3. The quantitative estimate of drug-likeness (QED) is 0.162. The summed E-state index contributed by atoms with van der Waals surface area (Å²) in [5.74, 6) is -0.353. The van der Waals surface area contributed by atoms with Gasteiger partial charge in [0.05, 0.1) is 34.3 Å². The second-order valence-electron chi connectivity index (χ2n) is 12.6. The predicted molar refractivity (Wildman–Crippen MR) is 207 cm³/mol. The maximum absolute atomic E-state index is 13.0. The van der Waals surface area contributed by atoms with Gasteiger partial charge in [0.1, 0.15) is 0 Å².